The molecule has 1 aliphatic carbocycles. The minimum Gasteiger partial charge on any atom is -0.622 e. The molecule has 7 nitrogen and oxygen atoms in total. The number of thiocarbonyl (C=S) groups is 1. The zero-order valence-corrected chi connectivity index (χ0v) is 15.9. The third-order valence-corrected chi connectivity index (χ3v) is 5.34. The molecule has 1 atom stereocenters. The second kappa shape index (κ2) is 6.94. The Kier molecular flexibility index (Phi) is 5.01. The Balaban J connectivity index is 2.20. The molecule has 8 heteroatoms. The molecule has 4 N–H and O–H groups in total. The predicted octanol–water partition coefficient (Wildman–Crippen LogP) is 2.32. The fraction of sp³-hybridized carbons (Fsp3) is 0.500. The highest BCUT2D eigenvalue weighted by atomic mass is 32.1. The highest BCUT2D eigenvalue weighted by Crippen LogP contribution is 2.41. The van der Waals surface area contributed by atoms with Gasteiger partial charge >= 0.3 is 0 Å². The summed E-state index contributed by atoms with van der Waals surface area (Å²) in [6.45, 7) is 3.69. The number of nitrogens with zero attached hydrogens (tertiary/aromatic N) is 3. The average Bonchev–Trinajstić information content (AvgIpc) is 2.77. The molecule has 1 saturated carbocycles. The van der Waals surface area contributed by atoms with Crippen LogP contribution in [-0.4, -0.2) is 42.7 Å². The minimum atomic E-state index is -1.26. The second-order valence-corrected chi connectivity index (χ2v) is 7.73. The van der Waals surface area contributed by atoms with E-state index < -0.39 is 11.2 Å². The van der Waals surface area contributed by atoms with Crippen LogP contribution < -0.4 is 11.2 Å². The minimum absolute atomic E-state index is 0.0309. The van der Waals surface area contributed by atoms with Gasteiger partial charge in [0.25, 0.3) is 5.66 Å². The van der Waals surface area contributed by atoms with Crippen molar-refractivity contribution in [2.24, 2.45) is 10.8 Å². The lowest BCUT2D eigenvalue weighted by Gasteiger charge is -2.35. The lowest BCUT2D eigenvalue weighted by atomic mass is 9.91. The Labute approximate surface area is 158 Å². The summed E-state index contributed by atoms with van der Waals surface area (Å²) in [5.74, 6) is 0. The highest BCUT2D eigenvalue weighted by Gasteiger charge is 2.64. The van der Waals surface area contributed by atoms with Crippen molar-refractivity contribution in [2.45, 2.75) is 57.2 Å². The Morgan fingerprint density at radius 2 is 2.00 bits per heavy atom. The van der Waals surface area contributed by atoms with Crippen LogP contribution in [0.1, 0.15) is 51.5 Å². The predicted molar refractivity (Wildman–Crippen MR) is 105 cm³/mol. The number of rotatable bonds is 2. The van der Waals surface area contributed by atoms with Crippen molar-refractivity contribution < 1.29 is 9.95 Å². The monoisotopic (exact) mass is 375 g/mol. The maximum absolute atomic E-state index is 13.6. The van der Waals surface area contributed by atoms with Crippen LogP contribution in [0.3, 0.4) is 0 Å². The van der Waals surface area contributed by atoms with Crippen LogP contribution in [0.4, 0.5) is 0 Å². The summed E-state index contributed by atoms with van der Waals surface area (Å²) < 4.78 is 0.938. The van der Waals surface area contributed by atoms with Gasteiger partial charge in [-0.1, -0.05) is 24.6 Å². The molecule has 1 aliphatic heterocycles. The van der Waals surface area contributed by atoms with Gasteiger partial charge in [0.1, 0.15) is 11.3 Å². The molecule has 1 unspecified atom stereocenters. The van der Waals surface area contributed by atoms with E-state index in [9.17, 15) is 10.4 Å². The summed E-state index contributed by atoms with van der Waals surface area (Å²) in [7, 11) is 0. The van der Waals surface area contributed by atoms with Crippen LogP contribution in [0.15, 0.2) is 35.4 Å². The van der Waals surface area contributed by atoms with E-state index >= 15 is 0 Å². The SMILES string of the molecule is CC1(C)C(c2ccccc2)=[N+]([O-])C2(CCCCC/C2=N/NC(N)=S)N1O. The normalized spacial score (nSPS) is 27.7. The van der Waals surface area contributed by atoms with Crippen molar-refractivity contribution in [3.05, 3.63) is 41.1 Å². The highest BCUT2D eigenvalue weighted by molar-refractivity contribution is 7.80. The molecule has 140 valence electrons. The van der Waals surface area contributed by atoms with Crippen LogP contribution in [-0.2, 0) is 0 Å². The summed E-state index contributed by atoms with van der Waals surface area (Å²) in [5, 5.41) is 30.3. The van der Waals surface area contributed by atoms with Gasteiger partial charge in [-0.25, -0.2) is 0 Å². The molecule has 1 heterocycles. The molecule has 2 aliphatic rings. The van der Waals surface area contributed by atoms with E-state index in [2.05, 4.69) is 10.5 Å². The fourth-order valence-electron chi connectivity index (χ4n) is 4.05. The Bertz CT molecular complexity index is 762. The first-order valence-electron chi connectivity index (χ1n) is 8.83. The summed E-state index contributed by atoms with van der Waals surface area (Å²) in [6.07, 6.45) is 3.74. The number of nitrogens with two attached hydrogens (primary N) is 1. The van der Waals surface area contributed by atoms with Crippen molar-refractivity contribution >= 4 is 28.8 Å². The average molecular weight is 375 g/mol. The molecule has 0 saturated heterocycles. The maximum atomic E-state index is 13.6. The van der Waals surface area contributed by atoms with E-state index in [0.29, 0.717) is 24.3 Å². The summed E-state index contributed by atoms with van der Waals surface area (Å²) in [5.41, 5.74) is 7.84. The number of benzene rings is 1. The van der Waals surface area contributed by atoms with E-state index in [-0.39, 0.29) is 5.11 Å². The second-order valence-electron chi connectivity index (χ2n) is 7.29. The molecular weight excluding hydrogens is 350 g/mol. The van der Waals surface area contributed by atoms with Gasteiger partial charge in [0, 0.05) is 12.0 Å². The third kappa shape index (κ3) is 2.87. The van der Waals surface area contributed by atoms with Gasteiger partial charge in [-0.3, -0.25) is 5.43 Å². The zero-order valence-electron chi connectivity index (χ0n) is 15.1. The Morgan fingerprint density at radius 3 is 2.65 bits per heavy atom. The number of hydrazone groups is 1. The molecule has 1 fully saturated rings. The van der Waals surface area contributed by atoms with Gasteiger partial charge in [-0.15, -0.1) is 5.06 Å². The van der Waals surface area contributed by atoms with Gasteiger partial charge in [0.15, 0.2) is 5.11 Å². The smallest absolute Gasteiger partial charge is 0.292 e. The van der Waals surface area contributed by atoms with E-state index in [4.69, 9.17) is 18.0 Å². The standard InChI is InChI=1S/C18H25N5O2S/c1-17(2)15(13-9-5-3-6-10-13)22(24)18(23(17)25)12-8-4-7-11-14(18)20-21-16(19)26/h3,5-6,9-10,25H,4,7-8,11-12H2,1-2H3,(H3,19,21,26)/b20-14-. The Morgan fingerprint density at radius 1 is 1.31 bits per heavy atom. The molecule has 3 rings (SSSR count). The van der Waals surface area contributed by atoms with E-state index in [0.717, 1.165) is 29.6 Å². The topological polar surface area (TPSA) is 100.0 Å². The first-order chi connectivity index (χ1) is 12.3. The third-order valence-electron chi connectivity index (χ3n) is 5.25. The molecule has 1 aromatic carbocycles. The van der Waals surface area contributed by atoms with Crippen LogP contribution >= 0.6 is 12.2 Å². The molecule has 1 spiro atoms. The van der Waals surface area contributed by atoms with E-state index in [1.807, 2.05) is 44.2 Å². The summed E-state index contributed by atoms with van der Waals surface area (Å²) in [4.78, 5) is 0. The summed E-state index contributed by atoms with van der Waals surface area (Å²) >= 11 is 4.85. The number of hydrogen-bond donors (Lipinski definition) is 3. The maximum Gasteiger partial charge on any atom is 0.292 e. The van der Waals surface area contributed by atoms with Gasteiger partial charge in [0.05, 0.1) is 0 Å². The zero-order chi connectivity index (χ0) is 18.9. The van der Waals surface area contributed by atoms with Gasteiger partial charge < -0.3 is 16.1 Å². The largest absolute Gasteiger partial charge is 0.622 e. The first kappa shape index (κ1) is 18.8. The van der Waals surface area contributed by atoms with Crippen molar-refractivity contribution in [1.82, 2.24) is 10.5 Å². The molecular formula is C18H25N5O2S. The van der Waals surface area contributed by atoms with Crippen molar-refractivity contribution in [2.75, 3.05) is 0 Å². The van der Waals surface area contributed by atoms with Crippen LogP contribution in [0.25, 0.3) is 0 Å². The lowest BCUT2D eigenvalue weighted by molar-refractivity contribution is -0.567. The molecule has 1 aromatic rings. The molecule has 0 radical (unpaired) electrons. The summed E-state index contributed by atoms with van der Waals surface area (Å²) in [6, 6.07) is 9.44. The van der Waals surface area contributed by atoms with Gasteiger partial charge in [-0.05, 0) is 57.5 Å². The van der Waals surface area contributed by atoms with Crippen molar-refractivity contribution in [1.29, 1.82) is 0 Å². The molecule has 0 bridgehead atoms. The Hall–Kier alpha value is -2.03. The van der Waals surface area contributed by atoms with Crippen molar-refractivity contribution in [3.63, 3.8) is 0 Å². The molecule has 0 amide bonds. The number of nitrogens with one attached hydrogen (secondary N) is 1. The first-order valence-corrected chi connectivity index (χ1v) is 9.24. The van der Waals surface area contributed by atoms with Gasteiger partial charge in [-0.2, -0.15) is 9.84 Å². The van der Waals surface area contributed by atoms with Gasteiger partial charge in [0.2, 0.25) is 5.71 Å². The number of hydroxylamine groups is 3. The van der Waals surface area contributed by atoms with Crippen LogP contribution in [0, 0.1) is 5.21 Å². The van der Waals surface area contributed by atoms with Crippen molar-refractivity contribution in [3.8, 4) is 0 Å². The van der Waals surface area contributed by atoms with E-state index in [1.54, 1.807) is 0 Å². The van der Waals surface area contributed by atoms with Crippen LogP contribution in [0.5, 0.6) is 0 Å². The number of hydrogen-bond acceptors (Lipinski definition) is 5. The van der Waals surface area contributed by atoms with E-state index in [1.165, 1.54) is 5.06 Å². The lowest BCUT2D eigenvalue weighted by Crippen LogP contribution is -2.59. The fourth-order valence-corrected chi connectivity index (χ4v) is 4.09. The molecule has 0 aromatic heterocycles. The van der Waals surface area contributed by atoms with Crippen LogP contribution in [0.2, 0.25) is 0 Å². The molecule has 26 heavy (non-hydrogen) atoms. The quantitative estimate of drug-likeness (QED) is 0.317.